The van der Waals surface area contributed by atoms with Gasteiger partial charge in [-0.1, -0.05) is 19.8 Å². The lowest BCUT2D eigenvalue weighted by molar-refractivity contribution is 0.115. The summed E-state index contributed by atoms with van der Waals surface area (Å²) in [5, 5.41) is 0. The highest BCUT2D eigenvalue weighted by Gasteiger charge is 1.85. The molecule has 0 unspecified atom stereocenters. The van der Waals surface area contributed by atoms with Crippen LogP contribution >= 0.6 is 0 Å². The summed E-state index contributed by atoms with van der Waals surface area (Å²) in [4.78, 5) is 0. The average molecular weight is 134 g/mol. The first-order valence-corrected chi connectivity index (χ1v) is 3.55. The Kier molecular flexibility index (Phi) is 7.79. The predicted molar refractivity (Wildman–Crippen MR) is 36.3 cm³/mol. The van der Waals surface area contributed by atoms with Gasteiger partial charge in [0.15, 0.2) is 0 Å². The second-order valence-electron chi connectivity index (χ2n) is 2.01. The Labute approximate surface area is 56.2 Å². The van der Waals surface area contributed by atoms with Crippen LogP contribution in [0.2, 0.25) is 0 Å². The van der Waals surface area contributed by atoms with E-state index >= 15 is 0 Å². The summed E-state index contributed by atoms with van der Waals surface area (Å²) in [6.45, 7) is 2.77. The summed E-state index contributed by atoms with van der Waals surface area (Å²) in [5.41, 5.74) is 0. The first-order valence-electron chi connectivity index (χ1n) is 3.55. The third-order valence-corrected chi connectivity index (χ3v) is 1.11. The molecule has 1 nitrogen and oxygen atoms in total. The van der Waals surface area contributed by atoms with Crippen molar-refractivity contribution in [2.24, 2.45) is 0 Å². The fraction of sp³-hybridized carbons (Fsp3) is 1.00. The van der Waals surface area contributed by atoms with E-state index in [0.717, 1.165) is 13.0 Å². The van der Waals surface area contributed by atoms with Crippen molar-refractivity contribution in [3.8, 4) is 0 Å². The summed E-state index contributed by atoms with van der Waals surface area (Å²) in [7, 11) is 0. The molecule has 0 spiro atoms. The van der Waals surface area contributed by atoms with Crippen molar-refractivity contribution >= 4 is 0 Å². The van der Waals surface area contributed by atoms with E-state index < -0.39 is 0 Å². The minimum Gasteiger partial charge on any atom is -0.379 e. The van der Waals surface area contributed by atoms with Gasteiger partial charge >= 0.3 is 0 Å². The molecule has 56 valence electrons. The van der Waals surface area contributed by atoms with Gasteiger partial charge in [-0.15, -0.1) is 0 Å². The van der Waals surface area contributed by atoms with Crippen LogP contribution in [0.5, 0.6) is 0 Å². The molecule has 2 heteroatoms. The number of halogens is 1. The van der Waals surface area contributed by atoms with E-state index in [-0.39, 0.29) is 13.3 Å². The van der Waals surface area contributed by atoms with E-state index in [4.69, 9.17) is 4.74 Å². The van der Waals surface area contributed by atoms with Gasteiger partial charge in [-0.05, 0) is 6.42 Å². The highest BCUT2D eigenvalue weighted by Crippen LogP contribution is 1.93. The van der Waals surface area contributed by atoms with Crippen LogP contribution in [0.15, 0.2) is 0 Å². The Morgan fingerprint density at radius 3 is 2.56 bits per heavy atom. The minimum atomic E-state index is -0.355. The van der Waals surface area contributed by atoms with Crippen molar-refractivity contribution in [2.45, 2.75) is 26.2 Å². The summed E-state index contributed by atoms with van der Waals surface area (Å²) >= 11 is 0. The minimum absolute atomic E-state index is 0.268. The van der Waals surface area contributed by atoms with E-state index in [1.807, 2.05) is 0 Å². The number of alkyl halides is 1. The maximum atomic E-state index is 11.4. The van der Waals surface area contributed by atoms with Gasteiger partial charge in [0, 0.05) is 6.61 Å². The standard InChI is InChI=1S/C7H15FO/c1-2-3-4-6-9-7-5-8/h2-7H2,1H3. The Hall–Kier alpha value is -0.110. The zero-order valence-corrected chi connectivity index (χ0v) is 6.03. The lowest BCUT2D eigenvalue weighted by Gasteiger charge is -1.98. The highest BCUT2D eigenvalue weighted by molar-refractivity contribution is 4.35. The zero-order chi connectivity index (χ0) is 6.95. The van der Waals surface area contributed by atoms with Gasteiger partial charge in [0.2, 0.25) is 0 Å². The summed E-state index contributed by atoms with van der Waals surface area (Å²) in [5.74, 6) is 0. The molecular formula is C7H15FO. The lowest BCUT2D eigenvalue weighted by atomic mass is 10.3. The van der Waals surface area contributed by atoms with Gasteiger partial charge in [0.25, 0.3) is 0 Å². The molecule has 0 aromatic heterocycles. The van der Waals surface area contributed by atoms with Crippen LogP contribution in [0.25, 0.3) is 0 Å². The monoisotopic (exact) mass is 134 g/mol. The number of hydrogen-bond donors (Lipinski definition) is 0. The topological polar surface area (TPSA) is 9.23 Å². The van der Waals surface area contributed by atoms with Gasteiger partial charge in [0.05, 0.1) is 6.61 Å². The van der Waals surface area contributed by atoms with Crippen molar-refractivity contribution in [1.82, 2.24) is 0 Å². The largest absolute Gasteiger partial charge is 0.379 e. The van der Waals surface area contributed by atoms with Crippen molar-refractivity contribution in [2.75, 3.05) is 19.9 Å². The molecule has 0 fully saturated rings. The molecular weight excluding hydrogens is 119 g/mol. The quantitative estimate of drug-likeness (QED) is 0.506. The SMILES string of the molecule is CCCCCOCCF. The number of hydrogen-bond acceptors (Lipinski definition) is 1. The highest BCUT2D eigenvalue weighted by atomic mass is 19.1. The van der Waals surface area contributed by atoms with E-state index in [1.165, 1.54) is 12.8 Å². The van der Waals surface area contributed by atoms with Gasteiger partial charge in [-0.2, -0.15) is 0 Å². The Morgan fingerprint density at radius 1 is 1.22 bits per heavy atom. The average Bonchev–Trinajstić information content (AvgIpc) is 1.89. The molecule has 0 radical (unpaired) electrons. The van der Waals surface area contributed by atoms with Crippen molar-refractivity contribution in [3.05, 3.63) is 0 Å². The summed E-state index contributed by atoms with van der Waals surface area (Å²) in [6, 6.07) is 0. The fourth-order valence-corrected chi connectivity index (χ4v) is 0.611. The van der Waals surface area contributed by atoms with Crippen LogP contribution < -0.4 is 0 Å². The zero-order valence-electron chi connectivity index (χ0n) is 6.03. The Bertz CT molecular complexity index is 42.2. The molecule has 0 aliphatic heterocycles. The third-order valence-electron chi connectivity index (χ3n) is 1.11. The molecule has 9 heavy (non-hydrogen) atoms. The Balaban J connectivity index is 2.60. The van der Waals surface area contributed by atoms with E-state index in [2.05, 4.69) is 6.92 Å². The molecule has 0 rings (SSSR count). The second kappa shape index (κ2) is 7.89. The van der Waals surface area contributed by atoms with E-state index in [0.29, 0.717) is 0 Å². The number of ether oxygens (including phenoxy) is 1. The molecule has 0 aliphatic carbocycles. The predicted octanol–water partition coefficient (Wildman–Crippen LogP) is 2.16. The van der Waals surface area contributed by atoms with Crippen molar-refractivity contribution in [1.29, 1.82) is 0 Å². The summed E-state index contributed by atoms with van der Waals surface area (Å²) < 4.78 is 16.3. The second-order valence-corrected chi connectivity index (χ2v) is 2.01. The normalized spacial score (nSPS) is 10.0. The van der Waals surface area contributed by atoms with Gasteiger partial charge in [0.1, 0.15) is 6.67 Å². The van der Waals surface area contributed by atoms with Crippen LogP contribution in [0, 0.1) is 0 Å². The summed E-state index contributed by atoms with van der Waals surface area (Å²) in [6.07, 6.45) is 3.45. The van der Waals surface area contributed by atoms with Gasteiger partial charge in [-0.25, -0.2) is 4.39 Å². The molecule has 0 aromatic rings. The molecule has 0 N–H and O–H groups in total. The van der Waals surface area contributed by atoms with Crippen LogP contribution in [-0.2, 0) is 4.74 Å². The van der Waals surface area contributed by atoms with Gasteiger partial charge < -0.3 is 4.74 Å². The lowest BCUT2D eigenvalue weighted by Crippen LogP contribution is -1.97. The van der Waals surface area contributed by atoms with E-state index in [1.54, 1.807) is 0 Å². The molecule has 0 bridgehead atoms. The molecule has 0 saturated heterocycles. The molecule has 0 aromatic carbocycles. The van der Waals surface area contributed by atoms with Crippen LogP contribution in [0.1, 0.15) is 26.2 Å². The molecule has 0 amide bonds. The maximum Gasteiger partial charge on any atom is 0.113 e. The molecule has 0 atom stereocenters. The van der Waals surface area contributed by atoms with Crippen LogP contribution in [0.3, 0.4) is 0 Å². The Morgan fingerprint density at radius 2 is 2.00 bits per heavy atom. The van der Waals surface area contributed by atoms with E-state index in [9.17, 15) is 4.39 Å². The number of unbranched alkanes of at least 4 members (excludes halogenated alkanes) is 2. The van der Waals surface area contributed by atoms with Crippen molar-refractivity contribution in [3.63, 3.8) is 0 Å². The van der Waals surface area contributed by atoms with Crippen LogP contribution in [-0.4, -0.2) is 19.9 Å². The third kappa shape index (κ3) is 7.89. The van der Waals surface area contributed by atoms with Crippen LogP contribution in [0.4, 0.5) is 4.39 Å². The first kappa shape index (κ1) is 8.89. The molecule has 0 aliphatic rings. The smallest absolute Gasteiger partial charge is 0.113 e. The van der Waals surface area contributed by atoms with Crippen molar-refractivity contribution < 1.29 is 9.13 Å². The number of rotatable bonds is 6. The fourth-order valence-electron chi connectivity index (χ4n) is 0.611. The maximum absolute atomic E-state index is 11.4. The van der Waals surface area contributed by atoms with Gasteiger partial charge in [-0.3, -0.25) is 0 Å². The molecule has 0 saturated carbocycles. The molecule has 0 heterocycles. The first-order chi connectivity index (χ1) is 4.41.